The molecular weight excluding hydrogens is 334 g/mol. The van der Waals surface area contributed by atoms with Crippen molar-refractivity contribution in [1.82, 2.24) is 4.90 Å². The third-order valence-electron chi connectivity index (χ3n) is 4.14. The van der Waals surface area contributed by atoms with Crippen LogP contribution in [0.3, 0.4) is 0 Å². The van der Waals surface area contributed by atoms with E-state index in [2.05, 4.69) is 0 Å². The van der Waals surface area contributed by atoms with Crippen molar-refractivity contribution >= 4 is 5.91 Å². The number of ether oxygens (including phenoxy) is 4. The van der Waals surface area contributed by atoms with Gasteiger partial charge in [-0.1, -0.05) is 6.07 Å². The molecule has 0 atom stereocenters. The Bertz CT molecular complexity index is 744. The molecule has 2 aromatic carbocycles. The van der Waals surface area contributed by atoms with E-state index in [1.165, 1.54) is 0 Å². The Morgan fingerprint density at radius 2 is 1.73 bits per heavy atom. The molecule has 0 unspecified atom stereocenters. The van der Waals surface area contributed by atoms with E-state index in [1.54, 1.807) is 19.1 Å². The van der Waals surface area contributed by atoms with Gasteiger partial charge in [-0.25, -0.2) is 0 Å². The van der Waals surface area contributed by atoms with Crippen LogP contribution in [0, 0.1) is 0 Å². The molecule has 0 fully saturated rings. The van der Waals surface area contributed by atoms with Crippen LogP contribution in [0.5, 0.6) is 23.0 Å². The summed E-state index contributed by atoms with van der Waals surface area (Å²) >= 11 is 0. The highest BCUT2D eigenvalue weighted by Gasteiger charge is 2.15. The molecule has 1 amide bonds. The first-order valence-corrected chi connectivity index (χ1v) is 8.55. The molecule has 6 heteroatoms. The van der Waals surface area contributed by atoms with Crippen LogP contribution in [0.25, 0.3) is 0 Å². The van der Waals surface area contributed by atoms with Gasteiger partial charge >= 0.3 is 0 Å². The summed E-state index contributed by atoms with van der Waals surface area (Å²) < 4.78 is 21.8. The number of rotatable bonds is 7. The zero-order chi connectivity index (χ0) is 18.4. The zero-order valence-corrected chi connectivity index (χ0v) is 15.1. The van der Waals surface area contributed by atoms with Crippen LogP contribution in [0.1, 0.15) is 5.56 Å². The van der Waals surface area contributed by atoms with E-state index >= 15 is 0 Å². The standard InChI is InChI=1S/C20H23NO5/c1-21(9-10-24-17-6-4-16(23-2)5-7-17)20(22)14-15-3-8-18-19(13-15)26-12-11-25-18/h3-8,13H,9-12,14H2,1-2H3. The average Bonchev–Trinajstić information content (AvgIpc) is 2.68. The number of hydrogen-bond acceptors (Lipinski definition) is 5. The quantitative estimate of drug-likeness (QED) is 0.762. The molecule has 138 valence electrons. The molecule has 3 rings (SSSR count). The Morgan fingerprint density at radius 3 is 2.46 bits per heavy atom. The van der Waals surface area contributed by atoms with Crippen molar-refractivity contribution in [2.75, 3.05) is 40.5 Å². The van der Waals surface area contributed by atoms with E-state index in [9.17, 15) is 4.79 Å². The normalized spacial score (nSPS) is 12.4. The highest BCUT2D eigenvalue weighted by molar-refractivity contribution is 5.78. The summed E-state index contributed by atoms with van der Waals surface area (Å²) in [6, 6.07) is 13.0. The minimum Gasteiger partial charge on any atom is -0.497 e. The minimum absolute atomic E-state index is 0.0278. The smallest absolute Gasteiger partial charge is 0.226 e. The minimum atomic E-state index is 0.0278. The van der Waals surface area contributed by atoms with Crippen LogP contribution in [0.4, 0.5) is 0 Å². The van der Waals surface area contributed by atoms with Gasteiger partial charge in [0.15, 0.2) is 11.5 Å². The van der Waals surface area contributed by atoms with E-state index in [0.717, 1.165) is 22.8 Å². The molecule has 0 saturated carbocycles. The molecule has 1 aliphatic rings. The van der Waals surface area contributed by atoms with Crippen molar-refractivity contribution in [2.45, 2.75) is 6.42 Å². The van der Waals surface area contributed by atoms with E-state index in [-0.39, 0.29) is 5.91 Å². The molecule has 6 nitrogen and oxygen atoms in total. The van der Waals surface area contributed by atoms with E-state index in [1.807, 2.05) is 42.5 Å². The second-order valence-electron chi connectivity index (χ2n) is 5.99. The van der Waals surface area contributed by atoms with E-state index < -0.39 is 0 Å². The van der Waals surface area contributed by atoms with Gasteiger partial charge in [0.25, 0.3) is 0 Å². The van der Waals surface area contributed by atoms with Gasteiger partial charge < -0.3 is 23.8 Å². The van der Waals surface area contributed by atoms with Crippen molar-refractivity contribution in [2.24, 2.45) is 0 Å². The maximum Gasteiger partial charge on any atom is 0.226 e. The molecule has 1 heterocycles. The highest BCUT2D eigenvalue weighted by Crippen LogP contribution is 2.30. The molecule has 0 N–H and O–H groups in total. The Hall–Kier alpha value is -2.89. The first-order chi connectivity index (χ1) is 12.7. The summed E-state index contributed by atoms with van der Waals surface area (Å²) in [6.45, 7) is 2.03. The molecule has 26 heavy (non-hydrogen) atoms. The number of hydrogen-bond donors (Lipinski definition) is 0. The lowest BCUT2D eigenvalue weighted by atomic mass is 10.1. The topological polar surface area (TPSA) is 57.2 Å². The third-order valence-corrected chi connectivity index (χ3v) is 4.14. The molecule has 0 aromatic heterocycles. The SMILES string of the molecule is COc1ccc(OCCN(C)C(=O)Cc2ccc3c(c2)OCCO3)cc1. The number of methoxy groups -OCH3 is 1. The Kier molecular flexibility index (Phi) is 5.84. The number of amides is 1. The molecule has 0 radical (unpaired) electrons. The number of benzene rings is 2. The van der Waals surface area contributed by atoms with Gasteiger partial charge in [-0.3, -0.25) is 4.79 Å². The van der Waals surface area contributed by atoms with Crippen LogP contribution in [-0.2, 0) is 11.2 Å². The fourth-order valence-electron chi connectivity index (χ4n) is 2.60. The van der Waals surface area contributed by atoms with Crippen molar-refractivity contribution < 1.29 is 23.7 Å². The summed E-state index contributed by atoms with van der Waals surface area (Å²) in [5, 5.41) is 0. The van der Waals surface area contributed by atoms with E-state index in [0.29, 0.717) is 38.5 Å². The van der Waals surface area contributed by atoms with Gasteiger partial charge in [-0.2, -0.15) is 0 Å². The molecule has 0 bridgehead atoms. The number of nitrogens with zero attached hydrogens (tertiary/aromatic N) is 1. The fourth-order valence-corrected chi connectivity index (χ4v) is 2.60. The average molecular weight is 357 g/mol. The fraction of sp³-hybridized carbons (Fsp3) is 0.350. The van der Waals surface area contributed by atoms with Crippen LogP contribution in [0.15, 0.2) is 42.5 Å². The molecule has 2 aromatic rings. The number of fused-ring (bicyclic) bond motifs is 1. The summed E-state index contributed by atoms with van der Waals surface area (Å²) in [7, 11) is 3.40. The number of carbonyl (C=O) groups excluding carboxylic acids is 1. The molecule has 0 aliphatic carbocycles. The van der Waals surface area contributed by atoms with Gasteiger partial charge in [0.1, 0.15) is 31.3 Å². The monoisotopic (exact) mass is 357 g/mol. The van der Waals surface area contributed by atoms with Gasteiger partial charge in [0.2, 0.25) is 5.91 Å². The number of likely N-dealkylation sites (N-methyl/N-ethyl adjacent to an activating group) is 1. The summed E-state index contributed by atoms with van der Waals surface area (Å²) in [5.74, 6) is 2.99. The first-order valence-electron chi connectivity index (χ1n) is 8.55. The van der Waals surface area contributed by atoms with Gasteiger partial charge in [0.05, 0.1) is 20.1 Å². The number of carbonyl (C=O) groups is 1. The Morgan fingerprint density at radius 1 is 1.04 bits per heavy atom. The van der Waals surface area contributed by atoms with Crippen LogP contribution < -0.4 is 18.9 Å². The van der Waals surface area contributed by atoms with Crippen molar-refractivity contribution in [1.29, 1.82) is 0 Å². The highest BCUT2D eigenvalue weighted by atomic mass is 16.6. The first kappa shape index (κ1) is 17.9. The van der Waals surface area contributed by atoms with E-state index in [4.69, 9.17) is 18.9 Å². The summed E-state index contributed by atoms with van der Waals surface area (Å²) in [6.07, 6.45) is 0.315. The maximum absolute atomic E-state index is 12.4. The lowest BCUT2D eigenvalue weighted by molar-refractivity contribution is -0.129. The molecule has 0 spiro atoms. The van der Waals surface area contributed by atoms with Crippen LogP contribution in [-0.4, -0.2) is 51.3 Å². The summed E-state index contributed by atoms with van der Waals surface area (Å²) in [5.41, 5.74) is 0.905. The molecule has 0 saturated heterocycles. The van der Waals surface area contributed by atoms with Crippen LogP contribution >= 0.6 is 0 Å². The van der Waals surface area contributed by atoms with Crippen molar-refractivity contribution in [3.8, 4) is 23.0 Å². The van der Waals surface area contributed by atoms with Gasteiger partial charge in [0, 0.05) is 7.05 Å². The third kappa shape index (κ3) is 4.59. The van der Waals surface area contributed by atoms with Crippen LogP contribution in [0.2, 0.25) is 0 Å². The zero-order valence-electron chi connectivity index (χ0n) is 15.1. The Labute approximate surface area is 153 Å². The second-order valence-corrected chi connectivity index (χ2v) is 5.99. The van der Waals surface area contributed by atoms with Crippen molar-refractivity contribution in [3.05, 3.63) is 48.0 Å². The summed E-state index contributed by atoms with van der Waals surface area (Å²) in [4.78, 5) is 14.1. The molecular formula is C20H23NO5. The molecule has 1 aliphatic heterocycles. The Balaban J connectivity index is 1.46. The predicted molar refractivity (Wildman–Crippen MR) is 97.3 cm³/mol. The van der Waals surface area contributed by atoms with Gasteiger partial charge in [-0.15, -0.1) is 0 Å². The largest absolute Gasteiger partial charge is 0.497 e. The lowest BCUT2D eigenvalue weighted by Gasteiger charge is -2.20. The maximum atomic E-state index is 12.4. The van der Waals surface area contributed by atoms with Gasteiger partial charge in [-0.05, 0) is 42.0 Å². The lowest BCUT2D eigenvalue weighted by Crippen LogP contribution is -2.32. The van der Waals surface area contributed by atoms with Crippen molar-refractivity contribution in [3.63, 3.8) is 0 Å². The predicted octanol–water partition coefficient (Wildman–Crippen LogP) is 2.55. The second kappa shape index (κ2) is 8.47.